The van der Waals surface area contributed by atoms with Gasteiger partial charge in [-0.25, -0.2) is 13.5 Å². The van der Waals surface area contributed by atoms with E-state index in [1.807, 2.05) is 41.2 Å². The van der Waals surface area contributed by atoms with Crippen LogP contribution >= 0.6 is 11.6 Å². The highest BCUT2D eigenvalue weighted by atomic mass is 35.5. The summed E-state index contributed by atoms with van der Waals surface area (Å²) in [5.41, 5.74) is 2.14. The van der Waals surface area contributed by atoms with Gasteiger partial charge in [-0.05, 0) is 63.4 Å². The number of nitriles is 2. The molecule has 12 heteroatoms. The van der Waals surface area contributed by atoms with Crippen LogP contribution in [0, 0.1) is 34.3 Å². The first-order chi connectivity index (χ1) is 22.6. The van der Waals surface area contributed by atoms with E-state index in [1.165, 1.54) is 12.3 Å². The van der Waals surface area contributed by atoms with Crippen LogP contribution < -0.4 is 10.6 Å². The van der Waals surface area contributed by atoms with Crippen molar-refractivity contribution >= 4 is 39.6 Å². The summed E-state index contributed by atoms with van der Waals surface area (Å²) in [7, 11) is 0. The molecule has 1 saturated heterocycles. The Kier molecular flexibility index (Phi) is 8.78. The van der Waals surface area contributed by atoms with Crippen LogP contribution in [-0.4, -0.2) is 43.5 Å². The maximum Gasteiger partial charge on any atom is 0.167 e. The number of fused-ring (bicyclic) bond motifs is 1. The number of rotatable bonds is 7. The van der Waals surface area contributed by atoms with E-state index >= 15 is 4.39 Å². The van der Waals surface area contributed by atoms with Gasteiger partial charge in [0.2, 0.25) is 0 Å². The average Bonchev–Trinajstić information content (AvgIpc) is 3.55. The Morgan fingerprint density at radius 3 is 2.43 bits per heavy atom. The van der Waals surface area contributed by atoms with Gasteiger partial charge in [0.25, 0.3) is 0 Å². The van der Waals surface area contributed by atoms with E-state index in [0.717, 1.165) is 37.6 Å². The minimum atomic E-state index is -1.07. The molecule has 0 radical (unpaired) electrons. The number of halogens is 3. The molecule has 0 aliphatic carbocycles. The topological polar surface area (TPSA) is 118 Å². The normalized spacial score (nSPS) is 14.8. The van der Waals surface area contributed by atoms with Crippen molar-refractivity contribution in [3.63, 3.8) is 0 Å². The minimum Gasteiger partial charge on any atom is -0.371 e. The summed E-state index contributed by atoms with van der Waals surface area (Å²) >= 11 is 6.64. The van der Waals surface area contributed by atoms with Crippen molar-refractivity contribution in [1.82, 2.24) is 24.9 Å². The molecule has 47 heavy (non-hydrogen) atoms. The van der Waals surface area contributed by atoms with E-state index in [4.69, 9.17) is 11.6 Å². The lowest BCUT2D eigenvalue weighted by Gasteiger charge is -2.40. The Hall–Kier alpha value is -5.10. The standard InChI is InChI=1S/C35H32ClF2N9/c1-35(2,3)46-13-11-24(12-14-46)47-20-30(44-45-47)33(21-7-5-4-6-8-21)43-29-16-23(36)15-25-32(22(17-39)19-41-34(25)29)42-28-10-9-27(37)26(18-40)31(28)38/h4-10,15-16,19-20,24,33,43H,11-14H2,1-3H3,(H,41,42)/t33-/m0/s1. The number of nitrogens with zero attached hydrogens (tertiary/aromatic N) is 7. The van der Waals surface area contributed by atoms with Crippen LogP contribution in [0.3, 0.4) is 0 Å². The summed E-state index contributed by atoms with van der Waals surface area (Å²) in [6.07, 6.45) is 5.28. The van der Waals surface area contributed by atoms with Crippen LogP contribution in [-0.2, 0) is 0 Å². The molecule has 1 fully saturated rings. The number of nitrogens with one attached hydrogen (secondary N) is 2. The molecule has 1 aliphatic rings. The molecule has 0 spiro atoms. The van der Waals surface area contributed by atoms with Crippen molar-refractivity contribution < 1.29 is 8.78 Å². The Bertz CT molecular complexity index is 2020. The van der Waals surface area contributed by atoms with Crippen molar-refractivity contribution in [2.24, 2.45) is 0 Å². The highest BCUT2D eigenvalue weighted by molar-refractivity contribution is 6.32. The van der Waals surface area contributed by atoms with Crippen LogP contribution in [0.2, 0.25) is 5.02 Å². The second-order valence-corrected chi connectivity index (χ2v) is 13.0. The summed E-state index contributed by atoms with van der Waals surface area (Å²) in [4.78, 5) is 7.06. The summed E-state index contributed by atoms with van der Waals surface area (Å²) in [5, 5.41) is 35.5. The van der Waals surface area contributed by atoms with Crippen LogP contribution in [0.5, 0.6) is 0 Å². The lowest BCUT2D eigenvalue weighted by atomic mass is 9.98. The van der Waals surface area contributed by atoms with Crippen molar-refractivity contribution in [2.45, 2.75) is 51.2 Å². The molecular formula is C35H32ClF2N9. The van der Waals surface area contributed by atoms with Gasteiger partial charge in [0, 0.05) is 35.2 Å². The predicted molar refractivity (Wildman–Crippen MR) is 177 cm³/mol. The Labute approximate surface area is 276 Å². The first-order valence-corrected chi connectivity index (χ1v) is 15.6. The molecular weight excluding hydrogens is 620 g/mol. The first-order valence-electron chi connectivity index (χ1n) is 15.2. The summed E-state index contributed by atoms with van der Waals surface area (Å²) in [5.74, 6) is -2.05. The Morgan fingerprint density at radius 2 is 1.74 bits per heavy atom. The predicted octanol–water partition coefficient (Wildman–Crippen LogP) is 7.88. The van der Waals surface area contributed by atoms with Gasteiger partial charge in [-0.2, -0.15) is 10.5 Å². The molecule has 0 bridgehead atoms. The van der Waals surface area contributed by atoms with Crippen LogP contribution in [0.1, 0.15) is 68.1 Å². The summed E-state index contributed by atoms with van der Waals surface area (Å²) < 4.78 is 31.1. The summed E-state index contributed by atoms with van der Waals surface area (Å²) in [6.45, 7) is 8.65. The molecule has 6 rings (SSSR count). The van der Waals surface area contributed by atoms with E-state index in [-0.39, 0.29) is 28.5 Å². The summed E-state index contributed by atoms with van der Waals surface area (Å²) in [6, 6.07) is 18.7. The van der Waals surface area contributed by atoms with Crippen molar-refractivity contribution in [2.75, 3.05) is 23.7 Å². The molecule has 2 aromatic heterocycles. The van der Waals surface area contributed by atoms with Gasteiger partial charge in [0.1, 0.15) is 29.2 Å². The molecule has 2 N–H and O–H groups in total. The van der Waals surface area contributed by atoms with Crippen LogP contribution in [0.15, 0.2) is 67.0 Å². The third kappa shape index (κ3) is 6.46. The zero-order valence-corrected chi connectivity index (χ0v) is 26.9. The lowest BCUT2D eigenvalue weighted by Crippen LogP contribution is -2.46. The number of anilines is 3. The van der Waals surface area contributed by atoms with E-state index in [1.54, 1.807) is 18.2 Å². The number of piperidine rings is 1. The third-order valence-corrected chi connectivity index (χ3v) is 8.78. The van der Waals surface area contributed by atoms with E-state index < -0.39 is 23.2 Å². The number of likely N-dealkylation sites (tertiary alicyclic amines) is 1. The van der Waals surface area contributed by atoms with Gasteiger partial charge in [-0.15, -0.1) is 5.10 Å². The molecule has 0 amide bonds. The second kappa shape index (κ2) is 13.0. The molecule has 3 heterocycles. The average molecular weight is 652 g/mol. The molecule has 238 valence electrons. The minimum absolute atomic E-state index is 0.105. The van der Waals surface area contributed by atoms with Crippen LogP contribution in [0.4, 0.5) is 25.8 Å². The van der Waals surface area contributed by atoms with Crippen molar-refractivity contribution in [3.8, 4) is 12.1 Å². The van der Waals surface area contributed by atoms with Gasteiger partial charge in [-0.1, -0.05) is 47.1 Å². The zero-order valence-electron chi connectivity index (χ0n) is 26.1. The van der Waals surface area contributed by atoms with Gasteiger partial charge in [0.15, 0.2) is 5.82 Å². The molecule has 9 nitrogen and oxygen atoms in total. The first kappa shape index (κ1) is 31.9. The van der Waals surface area contributed by atoms with Crippen molar-refractivity contribution in [3.05, 3.63) is 106 Å². The van der Waals surface area contributed by atoms with E-state index in [2.05, 4.69) is 57.7 Å². The molecule has 1 atom stereocenters. The number of hydrogen-bond acceptors (Lipinski definition) is 8. The molecule has 5 aromatic rings. The zero-order chi connectivity index (χ0) is 33.3. The fourth-order valence-electron chi connectivity index (χ4n) is 6.01. The van der Waals surface area contributed by atoms with Gasteiger partial charge < -0.3 is 10.6 Å². The highest BCUT2D eigenvalue weighted by Crippen LogP contribution is 2.38. The Balaban J connectivity index is 1.38. The fourth-order valence-corrected chi connectivity index (χ4v) is 6.23. The smallest absolute Gasteiger partial charge is 0.167 e. The Morgan fingerprint density at radius 1 is 1.00 bits per heavy atom. The highest BCUT2D eigenvalue weighted by Gasteiger charge is 2.29. The SMILES string of the molecule is CC(C)(C)N1CCC(n2cc([C@@H](Nc3cc(Cl)cc4c(Nc5ccc(F)c(C#N)c5F)c(C#N)cnc34)c3ccccc3)nn2)CC1. The molecule has 0 unspecified atom stereocenters. The number of pyridine rings is 1. The van der Waals surface area contributed by atoms with Crippen LogP contribution in [0.25, 0.3) is 10.9 Å². The van der Waals surface area contributed by atoms with Crippen molar-refractivity contribution in [1.29, 1.82) is 10.5 Å². The molecule has 0 saturated carbocycles. The number of benzene rings is 3. The third-order valence-electron chi connectivity index (χ3n) is 8.56. The maximum atomic E-state index is 15.1. The monoisotopic (exact) mass is 651 g/mol. The van der Waals surface area contributed by atoms with E-state index in [0.29, 0.717) is 27.3 Å². The van der Waals surface area contributed by atoms with Gasteiger partial charge in [0.05, 0.1) is 46.4 Å². The number of aromatic nitrogens is 4. The lowest BCUT2D eigenvalue weighted by molar-refractivity contribution is 0.0866. The number of hydrogen-bond donors (Lipinski definition) is 2. The maximum absolute atomic E-state index is 15.1. The van der Waals surface area contributed by atoms with E-state index in [9.17, 15) is 14.9 Å². The largest absolute Gasteiger partial charge is 0.371 e. The molecule has 3 aromatic carbocycles. The quantitative estimate of drug-likeness (QED) is 0.182. The van der Waals surface area contributed by atoms with Gasteiger partial charge >= 0.3 is 0 Å². The fraction of sp³-hybridized carbons (Fsp3) is 0.286. The van der Waals surface area contributed by atoms with Gasteiger partial charge in [-0.3, -0.25) is 9.88 Å². The second-order valence-electron chi connectivity index (χ2n) is 12.5. The molecule has 1 aliphatic heterocycles.